The monoisotopic (exact) mass is 897 g/mol. The van der Waals surface area contributed by atoms with E-state index in [0.717, 1.165) is 39.4 Å². The van der Waals surface area contributed by atoms with Crippen molar-refractivity contribution in [2.45, 2.75) is 29.7 Å². The second-order valence-corrected chi connectivity index (χ2v) is 19.9. The maximum Gasteiger partial charge on any atom is 0.534 e. The molecular weight excluding hydrogens is 877 g/mol. The molecule has 3 aromatic carbocycles. The fourth-order valence-corrected chi connectivity index (χ4v) is 10.7. The lowest BCUT2D eigenvalue weighted by atomic mass is 9.78. The first kappa shape index (κ1) is 43.7. The summed E-state index contributed by atoms with van der Waals surface area (Å²) in [6, 6.07) is 2.54. The van der Waals surface area contributed by atoms with Gasteiger partial charge < -0.3 is 27.5 Å². The minimum atomic E-state index is -6.86. The van der Waals surface area contributed by atoms with E-state index in [1.54, 1.807) is 0 Å². The van der Waals surface area contributed by atoms with Crippen molar-refractivity contribution in [2.24, 2.45) is 0 Å². The van der Waals surface area contributed by atoms with E-state index in [4.69, 9.17) is 4.74 Å². The smallest absolute Gasteiger partial charge is 0.468 e. The zero-order chi connectivity index (χ0) is 43.9. The molecule has 2 heterocycles. The van der Waals surface area contributed by atoms with Crippen LogP contribution in [0.1, 0.15) is 37.4 Å². The van der Waals surface area contributed by atoms with Crippen molar-refractivity contribution in [3.8, 4) is 11.5 Å². The number of hydrogen-bond donors (Lipinski definition) is 0. The molecule has 0 unspecified atom stereocenters. The van der Waals surface area contributed by atoms with Gasteiger partial charge >= 0.3 is 49.2 Å². The Morgan fingerprint density at radius 2 is 1.14 bits per heavy atom. The molecule has 0 aliphatic carbocycles. The summed E-state index contributed by atoms with van der Waals surface area (Å²) in [4.78, 5) is 51.8. The Labute approximate surface area is 319 Å². The molecule has 3 aromatic rings. The minimum absolute atomic E-state index is 0.0988. The predicted octanol–water partition coefficient (Wildman–Crippen LogP) is 3.09. The second kappa shape index (κ2) is 14.1. The summed E-state index contributed by atoms with van der Waals surface area (Å²) >= 11 is 0. The number of carbonyl (C=O) groups is 4. The molecule has 2 aliphatic rings. The lowest BCUT2D eigenvalue weighted by Gasteiger charge is -2.44. The molecule has 0 saturated heterocycles. The average molecular weight is 898 g/mol. The SMILES string of the molecule is COC(=O)CN(CC(=O)OC)C(=O)c1ccc2c(c1)C(=O)OC21c2cc(F)c(OS(=O)(=O)C(F)(F)F)c(F)c2[Si](C)(C)c2c1cc(F)c(OS(=O)(=O)C(F)(F)F)c2F. The number of hydrogen-bond acceptors (Lipinski definition) is 13. The third-order valence-corrected chi connectivity index (χ3v) is 14.2. The number of fused-ring (bicyclic) bond motifs is 6. The zero-order valence-corrected chi connectivity index (χ0v) is 31.8. The lowest BCUT2D eigenvalue weighted by Crippen LogP contribution is -2.65. The van der Waals surface area contributed by atoms with Gasteiger partial charge in [-0.3, -0.25) is 14.4 Å². The van der Waals surface area contributed by atoms with Gasteiger partial charge in [-0.2, -0.15) is 43.2 Å². The molecule has 0 bridgehead atoms. The molecule has 5 rings (SSSR count). The summed E-state index contributed by atoms with van der Waals surface area (Å²) in [7, 11) is -16.6. The van der Waals surface area contributed by atoms with E-state index in [1.165, 1.54) is 0 Å². The average Bonchev–Trinajstić information content (AvgIpc) is 3.40. The van der Waals surface area contributed by atoms with Crippen LogP contribution in [0.15, 0.2) is 30.3 Å². The maximum atomic E-state index is 16.6. The van der Waals surface area contributed by atoms with Crippen molar-refractivity contribution in [3.63, 3.8) is 0 Å². The summed E-state index contributed by atoms with van der Waals surface area (Å²) < 4.78 is 214. The van der Waals surface area contributed by atoms with Crippen LogP contribution in [0.25, 0.3) is 0 Å². The topological polar surface area (TPSA) is 186 Å². The van der Waals surface area contributed by atoms with E-state index in [1.807, 2.05) is 0 Å². The van der Waals surface area contributed by atoms with Gasteiger partial charge in [0.15, 0.2) is 28.9 Å². The van der Waals surface area contributed by atoms with Crippen LogP contribution in [0.2, 0.25) is 13.1 Å². The fourth-order valence-electron chi connectivity index (χ4n) is 6.34. The Balaban J connectivity index is 1.87. The van der Waals surface area contributed by atoms with Gasteiger partial charge in [0.2, 0.25) is 11.5 Å². The number of alkyl halides is 6. The number of ether oxygens (including phenoxy) is 3. The van der Waals surface area contributed by atoms with Crippen molar-refractivity contribution < 1.29 is 102 Å². The largest absolute Gasteiger partial charge is 0.534 e. The molecule has 0 fully saturated rings. The molecule has 58 heavy (non-hydrogen) atoms. The molecule has 0 saturated carbocycles. The molecular formula is C31H21F10NO13S2Si. The van der Waals surface area contributed by atoms with E-state index in [0.29, 0.717) is 11.0 Å². The third kappa shape index (κ3) is 6.86. The van der Waals surface area contributed by atoms with Crippen LogP contribution in [-0.4, -0.2) is 92.0 Å². The van der Waals surface area contributed by atoms with Gasteiger partial charge in [0, 0.05) is 22.3 Å². The van der Waals surface area contributed by atoms with Crippen LogP contribution in [0.4, 0.5) is 43.9 Å². The summed E-state index contributed by atoms with van der Waals surface area (Å²) in [6.45, 7) is -0.00670. The van der Waals surface area contributed by atoms with Crippen LogP contribution in [0.3, 0.4) is 0 Å². The van der Waals surface area contributed by atoms with Crippen LogP contribution in [0.5, 0.6) is 11.5 Å². The highest BCUT2D eigenvalue weighted by Gasteiger charge is 2.60. The molecule has 2 aliphatic heterocycles. The molecule has 27 heteroatoms. The molecule has 14 nitrogen and oxygen atoms in total. The number of halogens is 10. The summed E-state index contributed by atoms with van der Waals surface area (Å²) in [5.41, 5.74) is -19.6. The van der Waals surface area contributed by atoms with Gasteiger partial charge in [0.25, 0.3) is 5.91 Å². The van der Waals surface area contributed by atoms with E-state index >= 15 is 17.6 Å². The number of carbonyl (C=O) groups excluding carboxylic acids is 4. The van der Waals surface area contributed by atoms with E-state index in [-0.39, 0.29) is 12.1 Å². The third-order valence-electron chi connectivity index (χ3n) is 8.81. The molecule has 0 radical (unpaired) electrons. The first-order valence-electron chi connectivity index (χ1n) is 15.4. The van der Waals surface area contributed by atoms with Crippen LogP contribution in [-0.2, 0) is 49.6 Å². The fraction of sp³-hybridized carbons (Fsp3) is 0.290. The highest BCUT2D eigenvalue weighted by molar-refractivity contribution is 7.88. The number of esters is 3. The van der Waals surface area contributed by atoms with Gasteiger partial charge in [0.05, 0.1) is 19.8 Å². The Bertz CT molecular complexity index is 2410. The van der Waals surface area contributed by atoms with E-state index in [9.17, 15) is 62.4 Å². The highest BCUT2D eigenvalue weighted by atomic mass is 32.2. The van der Waals surface area contributed by atoms with Crippen molar-refractivity contribution in [2.75, 3.05) is 27.3 Å². The number of benzene rings is 3. The van der Waals surface area contributed by atoms with E-state index in [2.05, 4.69) is 17.8 Å². The summed E-state index contributed by atoms with van der Waals surface area (Å²) in [5, 5.41) is -2.32. The summed E-state index contributed by atoms with van der Waals surface area (Å²) in [5.74, 6) is -18.5. The van der Waals surface area contributed by atoms with Gasteiger partial charge in [-0.15, -0.1) is 0 Å². The van der Waals surface area contributed by atoms with Crippen molar-refractivity contribution >= 4 is 62.5 Å². The molecule has 0 atom stereocenters. The number of rotatable bonds is 9. The van der Waals surface area contributed by atoms with Gasteiger partial charge in [-0.1, -0.05) is 19.2 Å². The Hall–Kier alpha value is -5.44. The van der Waals surface area contributed by atoms with E-state index < -0.39 is 155 Å². The molecule has 1 spiro atoms. The van der Waals surface area contributed by atoms with Gasteiger partial charge in [0.1, 0.15) is 21.2 Å². The van der Waals surface area contributed by atoms with Crippen molar-refractivity contribution in [1.82, 2.24) is 4.90 Å². The van der Waals surface area contributed by atoms with Crippen molar-refractivity contribution in [1.29, 1.82) is 0 Å². The maximum absolute atomic E-state index is 16.6. The molecule has 314 valence electrons. The quantitative estimate of drug-likeness (QED) is 0.0763. The first-order chi connectivity index (χ1) is 26.5. The molecule has 1 amide bonds. The Morgan fingerprint density at radius 3 is 1.52 bits per heavy atom. The standard InChI is InChI=1S/C31H21F10NO13S2Si/c1-51-19(43)10-42(11-20(44)52-2)27(45)12-5-6-14-13(7-12)28(46)53-29(14)15-8-17(32)23(54-56(47,48)30(36,37)38)21(34)25(15)58(3,4)26-16(29)9-18(33)24(22(26)35)55-57(49,50)31(39,40)41/h5-9H,10-11H2,1-4H3. The van der Waals surface area contributed by atoms with Crippen LogP contribution >= 0.6 is 0 Å². The van der Waals surface area contributed by atoms with Crippen LogP contribution < -0.4 is 18.7 Å². The predicted molar refractivity (Wildman–Crippen MR) is 172 cm³/mol. The highest BCUT2D eigenvalue weighted by Crippen LogP contribution is 2.51. The summed E-state index contributed by atoms with van der Waals surface area (Å²) in [6.07, 6.45) is 0. The Morgan fingerprint density at radius 1 is 0.724 bits per heavy atom. The van der Waals surface area contributed by atoms with Crippen LogP contribution in [0, 0.1) is 23.3 Å². The first-order valence-corrected chi connectivity index (χ1v) is 21.2. The normalized spacial score (nSPS) is 15.4. The van der Waals surface area contributed by atoms with Gasteiger partial charge in [-0.25, -0.2) is 22.4 Å². The number of nitrogens with zero attached hydrogens (tertiary/aromatic N) is 1. The molecule has 0 N–H and O–H groups in total. The minimum Gasteiger partial charge on any atom is -0.468 e. The lowest BCUT2D eigenvalue weighted by molar-refractivity contribution is -0.144. The zero-order valence-electron chi connectivity index (χ0n) is 29.2. The number of methoxy groups -OCH3 is 2. The second-order valence-electron chi connectivity index (χ2n) is 12.6. The Kier molecular flexibility index (Phi) is 10.6. The number of amides is 1. The molecule has 0 aromatic heterocycles. The van der Waals surface area contributed by atoms with Gasteiger partial charge in [-0.05, 0) is 34.6 Å². The van der Waals surface area contributed by atoms with Crippen molar-refractivity contribution in [3.05, 3.63) is 81.4 Å².